The molecule has 1 heterocycles. The van der Waals surface area contributed by atoms with Gasteiger partial charge in [0, 0.05) is 13.0 Å². The van der Waals surface area contributed by atoms with Gasteiger partial charge in [-0.2, -0.15) is 0 Å². The summed E-state index contributed by atoms with van der Waals surface area (Å²) in [6.07, 6.45) is 6.33. The zero-order valence-electron chi connectivity index (χ0n) is 14.5. The van der Waals surface area contributed by atoms with Gasteiger partial charge in [0.15, 0.2) is 0 Å². The van der Waals surface area contributed by atoms with Crippen LogP contribution in [0.15, 0.2) is 36.3 Å². The molecule has 0 spiro atoms. The molecule has 1 aromatic carbocycles. The Morgan fingerprint density at radius 1 is 1.29 bits per heavy atom. The molecule has 4 heteroatoms. The van der Waals surface area contributed by atoms with Gasteiger partial charge in [0.05, 0.1) is 12.0 Å². The second-order valence-corrected chi connectivity index (χ2v) is 6.71. The molecule has 0 radical (unpaired) electrons. The van der Waals surface area contributed by atoms with Crippen LogP contribution in [0.2, 0.25) is 0 Å². The van der Waals surface area contributed by atoms with Gasteiger partial charge in [0.1, 0.15) is 18.1 Å². The number of carbonyl (C=O) groups excluding carboxylic acids is 1. The Bertz CT molecular complexity index is 607. The van der Waals surface area contributed by atoms with E-state index in [9.17, 15) is 4.79 Å². The summed E-state index contributed by atoms with van der Waals surface area (Å²) < 4.78 is 17.5. The predicted molar refractivity (Wildman–Crippen MR) is 91.8 cm³/mol. The highest BCUT2D eigenvalue weighted by Gasteiger charge is 2.41. The van der Waals surface area contributed by atoms with Crippen molar-refractivity contribution in [3.8, 4) is 5.75 Å². The fourth-order valence-corrected chi connectivity index (χ4v) is 3.36. The number of unbranched alkanes of at least 4 members (excludes halogenated alkanes) is 1. The molecule has 3 rings (SSSR count). The maximum atomic E-state index is 12.7. The monoisotopic (exact) mass is 330 g/mol. The van der Waals surface area contributed by atoms with E-state index in [1.54, 1.807) is 0 Å². The number of benzene rings is 1. The first-order valence-electron chi connectivity index (χ1n) is 8.93. The van der Waals surface area contributed by atoms with Crippen molar-refractivity contribution in [1.82, 2.24) is 0 Å². The summed E-state index contributed by atoms with van der Waals surface area (Å²) >= 11 is 0. The SMILES string of the molecule is CCCCOC1CCC2C(=O)C(Oc3cccc(C)c3)=COC2C1. The number of ketones is 1. The molecule has 2 aliphatic rings. The average Bonchev–Trinajstić information content (AvgIpc) is 2.58. The first-order valence-corrected chi connectivity index (χ1v) is 8.93. The van der Waals surface area contributed by atoms with Crippen molar-refractivity contribution in [2.45, 2.75) is 58.2 Å². The third kappa shape index (κ3) is 3.99. The lowest BCUT2D eigenvalue weighted by Crippen LogP contribution is -2.42. The summed E-state index contributed by atoms with van der Waals surface area (Å²) in [5, 5.41) is 0. The molecule has 3 unspecified atom stereocenters. The summed E-state index contributed by atoms with van der Waals surface area (Å²) in [7, 11) is 0. The number of hydrogen-bond donors (Lipinski definition) is 0. The molecule has 0 N–H and O–H groups in total. The van der Waals surface area contributed by atoms with Crippen molar-refractivity contribution in [3.63, 3.8) is 0 Å². The molecule has 0 saturated heterocycles. The Hall–Kier alpha value is -1.81. The molecule has 1 fully saturated rings. The molecule has 1 aliphatic carbocycles. The second-order valence-electron chi connectivity index (χ2n) is 6.71. The minimum atomic E-state index is -0.110. The van der Waals surface area contributed by atoms with Crippen LogP contribution in [0.1, 0.15) is 44.6 Å². The molecule has 1 aliphatic heterocycles. The van der Waals surface area contributed by atoms with Gasteiger partial charge in [-0.15, -0.1) is 0 Å². The van der Waals surface area contributed by atoms with Crippen LogP contribution in [-0.4, -0.2) is 24.6 Å². The van der Waals surface area contributed by atoms with E-state index in [0.29, 0.717) is 11.5 Å². The minimum Gasteiger partial charge on any atom is -0.493 e. The number of ether oxygens (including phenoxy) is 3. The van der Waals surface area contributed by atoms with Crippen LogP contribution in [0.5, 0.6) is 5.75 Å². The van der Waals surface area contributed by atoms with E-state index in [4.69, 9.17) is 14.2 Å². The fourth-order valence-electron chi connectivity index (χ4n) is 3.36. The zero-order valence-corrected chi connectivity index (χ0v) is 14.5. The minimum absolute atomic E-state index is 0.0553. The lowest BCUT2D eigenvalue weighted by molar-refractivity contribution is -0.133. The van der Waals surface area contributed by atoms with Gasteiger partial charge in [-0.3, -0.25) is 4.79 Å². The number of hydrogen-bond acceptors (Lipinski definition) is 4. The van der Waals surface area contributed by atoms with Crippen molar-refractivity contribution in [2.75, 3.05) is 6.61 Å². The van der Waals surface area contributed by atoms with Crippen molar-refractivity contribution < 1.29 is 19.0 Å². The van der Waals surface area contributed by atoms with E-state index >= 15 is 0 Å². The Kier molecular flexibility index (Phi) is 5.56. The van der Waals surface area contributed by atoms with Crippen LogP contribution in [-0.2, 0) is 14.3 Å². The molecule has 4 nitrogen and oxygen atoms in total. The van der Waals surface area contributed by atoms with E-state index in [1.165, 1.54) is 6.26 Å². The Morgan fingerprint density at radius 2 is 2.17 bits per heavy atom. The molecule has 24 heavy (non-hydrogen) atoms. The smallest absolute Gasteiger partial charge is 0.207 e. The molecule has 0 amide bonds. The van der Waals surface area contributed by atoms with Crippen molar-refractivity contribution in [1.29, 1.82) is 0 Å². The van der Waals surface area contributed by atoms with Gasteiger partial charge in [-0.25, -0.2) is 0 Å². The normalized spacial score (nSPS) is 26.3. The molecule has 1 saturated carbocycles. The number of rotatable bonds is 6. The first kappa shape index (κ1) is 17.0. The van der Waals surface area contributed by atoms with Crippen LogP contribution in [0, 0.1) is 12.8 Å². The van der Waals surface area contributed by atoms with E-state index in [1.807, 2.05) is 31.2 Å². The topological polar surface area (TPSA) is 44.8 Å². The predicted octanol–water partition coefficient (Wildman–Crippen LogP) is 4.17. The number of carbonyl (C=O) groups is 1. The highest BCUT2D eigenvalue weighted by molar-refractivity contribution is 5.96. The summed E-state index contributed by atoms with van der Waals surface area (Å²) in [5.74, 6) is 0.932. The summed E-state index contributed by atoms with van der Waals surface area (Å²) in [5.41, 5.74) is 1.10. The fraction of sp³-hybridized carbons (Fsp3) is 0.550. The Morgan fingerprint density at radius 3 is 2.96 bits per heavy atom. The van der Waals surface area contributed by atoms with Crippen LogP contribution in [0.25, 0.3) is 0 Å². The van der Waals surface area contributed by atoms with Crippen molar-refractivity contribution in [3.05, 3.63) is 41.9 Å². The highest BCUT2D eigenvalue weighted by Crippen LogP contribution is 2.35. The summed E-state index contributed by atoms with van der Waals surface area (Å²) in [6.45, 7) is 4.95. The largest absolute Gasteiger partial charge is 0.493 e. The number of aryl methyl sites for hydroxylation is 1. The standard InChI is InChI=1S/C20H26O4/c1-3-4-10-22-15-8-9-17-18(12-15)23-13-19(20(17)21)24-16-7-5-6-14(2)11-16/h5-7,11,13,15,17-18H,3-4,8-10,12H2,1-2H3. The second kappa shape index (κ2) is 7.84. The third-order valence-corrected chi connectivity index (χ3v) is 4.74. The van der Waals surface area contributed by atoms with Crippen LogP contribution in [0.3, 0.4) is 0 Å². The lowest BCUT2D eigenvalue weighted by Gasteiger charge is -2.37. The molecule has 3 atom stereocenters. The molecule has 130 valence electrons. The number of fused-ring (bicyclic) bond motifs is 1. The molecule has 0 aromatic heterocycles. The third-order valence-electron chi connectivity index (χ3n) is 4.74. The first-order chi connectivity index (χ1) is 11.7. The molecular weight excluding hydrogens is 304 g/mol. The Labute approximate surface area is 143 Å². The van der Waals surface area contributed by atoms with E-state index in [0.717, 1.165) is 44.3 Å². The number of Topliss-reactive ketones (excluding diaryl/α,β-unsaturated/α-hetero) is 1. The van der Waals surface area contributed by atoms with Crippen LogP contribution in [0.4, 0.5) is 0 Å². The highest BCUT2D eigenvalue weighted by atomic mass is 16.5. The van der Waals surface area contributed by atoms with Gasteiger partial charge in [0.25, 0.3) is 0 Å². The average molecular weight is 330 g/mol. The molecule has 0 bridgehead atoms. The van der Waals surface area contributed by atoms with E-state index in [2.05, 4.69) is 6.92 Å². The maximum absolute atomic E-state index is 12.7. The molecular formula is C20H26O4. The van der Waals surface area contributed by atoms with Gasteiger partial charge in [0.2, 0.25) is 11.5 Å². The van der Waals surface area contributed by atoms with Crippen LogP contribution >= 0.6 is 0 Å². The van der Waals surface area contributed by atoms with Gasteiger partial charge in [-0.05, 0) is 43.9 Å². The van der Waals surface area contributed by atoms with Crippen LogP contribution < -0.4 is 4.74 Å². The van der Waals surface area contributed by atoms with Gasteiger partial charge in [-0.1, -0.05) is 25.5 Å². The Balaban J connectivity index is 1.61. The quantitative estimate of drug-likeness (QED) is 0.734. The van der Waals surface area contributed by atoms with Crippen molar-refractivity contribution >= 4 is 5.78 Å². The summed E-state index contributed by atoms with van der Waals surface area (Å²) in [6, 6.07) is 7.68. The zero-order chi connectivity index (χ0) is 16.9. The molecule has 1 aromatic rings. The van der Waals surface area contributed by atoms with E-state index < -0.39 is 0 Å². The van der Waals surface area contributed by atoms with Gasteiger partial charge < -0.3 is 14.2 Å². The summed E-state index contributed by atoms with van der Waals surface area (Å²) in [4.78, 5) is 12.7. The van der Waals surface area contributed by atoms with Crippen molar-refractivity contribution in [2.24, 2.45) is 5.92 Å². The number of allylic oxidation sites excluding steroid dienone is 1. The maximum Gasteiger partial charge on any atom is 0.207 e. The lowest BCUT2D eigenvalue weighted by atomic mass is 9.80. The van der Waals surface area contributed by atoms with Gasteiger partial charge >= 0.3 is 0 Å². The van der Waals surface area contributed by atoms with E-state index in [-0.39, 0.29) is 23.9 Å².